The van der Waals surface area contributed by atoms with Crippen molar-refractivity contribution in [3.63, 3.8) is 0 Å². The lowest BCUT2D eigenvalue weighted by atomic mass is 9.91. The lowest BCUT2D eigenvalue weighted by molar-refractivity contribution is 0.0892. The third-order valence-corrected chi connectivity index (χ3v) is 4.36. The van der Waals surface area contributed by atoms with Crippen molar-refractivity contribution in [2.75, 3.05) is 13.6 Å². The first kappa shape index (κ1) is 11.4. The van der Waals surface area contributed by atoms with Gasteiger partial charge in [0.1, 0.15) is 0 Å². The molecule has 0 spiro atoms. The number of nitrogens with one attached hydrogen (secondary N) is 1. The van der Waals surface area contributed by atoms with Crippen molar-refractivity contribution >= 4 is 0 Å². The molecule has 1 heterocycles. The summed E-state index contributed by atoms with van der Waals surface area (Å²) in [5, 5.41) is 3.45. The first-order valence-corrected chi connectivity index (χ1v) is 6.57. The van der Waals surface area contributed by atoms with Crippen LogP contribution in [0.5, 0.6) is 0 Å². The predicted molar refractivity (Wildman–Crippen MR) is 65.1 cm³/mol. The molecule has 0 radical (unpaired) electrons. The minimum Gasteiger partial charge on any atom is -0.316 e. The third kappa shape index (κ3) is 2.36. The van der Waals surface area contributed by atoms with Gasteiger partial charge in [-0.1, -0.05) is 19.3 Å². The summed E-state index contributed by atoms with van der Waals surface area (Å²) in [7, 11) is 2.10. The maximum Gasteiger partial charge on any atom is 0.0209 e. The predicted octanol–water partition coefficient (Wildman–Crippen LogP) is 2.39. The smallest absolute Gasteiger partial charge is 0.0209 e. The minimum absolute atomic E-state index is 0.412. The number of hydrogen-bond acceptors (Lipinski definition) is 2. The minimum atomic E-state index is 0.412. The van der Waals surface area contributed by atoms with Crippen LogP contribution < -0.4 is 5.32 Å². The zero-order valence-electron chi connectivity index (χ0n) is 10.6. The van der Waals surface area contributed by atoms with Crippen molar-refractivity contribution in [3.05, 3.63) is 0 Å². The van der Waals surface area contributed by atoms with Gasteiger partial charge < -0.3 is 5.32 Å². The SMILES string of the molecule is CNC1CN(C2CCCCC2)C(C)(C)C1. The van der Waals surface area contributed by atoms with Crippen LogP contribution in [-0.2, 0) is 0 Å². The molecule has 1 saturated heterocycles. The monoisotopic (exact) mass is 210 g/mol. The summed E-state index contributed by atoms with van der Waals surface area (Å²) in [6.07, 6.45) is 8.52. The Hall–Kier alpha value is -0.0800. The molecule has 1 N–H and O–H groups in total. The summed E-state index contributed by atoms with van der Waals surface area (Å²) in [5.41, 5.74) is 0.412. The Morgan fingerprint density at radius 3 is 2.33 bits per heavy atom. The quantitative estimate of drug-likeness (QED) is 0.753. The van der Waals surface area contributed by atoms with Crippen LogP contribution in [0.4, 0.5) is 0 Å². The van der Waals surface area contributed by atoms with E-state index < -0.39 is 0 Å². The molecular weight excluding hydrogens is 184 g/mol. The second-order valence-corrected chi connectivity index (χ2v) is 5.95. The van der Waals surface area contributed by atoms with Crippen molar-refractivity contribution in [2.45, 2.75) is 70.0 Å². The topological polar surface area (TPSA) is 15.3 Å². The zero-order valence-corrected chi connectivity index (χ0v) is 10.6. The molecule has 1 saturated carbocycles. The first-order valence-electron chi connectivity index (χ1n) is 6.57. The van der Waals surface area contributed by atoms with Gasteiger partial charge in [0.2, 0.25) is 0 Å². The summed E-state index contributed by atoms with van der Waals surface area (Å²) >= 11 is 0. The van der Waals surface area contributed by atoms with Crippen molar-refractivity contribution < 1.29 is 0 Å². The lowest BCUT2D eigenvalue weighted by Gasteiger charge is -2.40. The molecule has 2 aliphatic rings. The van der Waals surface area contributed by atoms with Crippen molar-refractivity contribution in [1.29, 1.82) is 0 Å². The van der Waals surface area contributed by atoms with Crippen LogP contribution >= 0.6 is 0 Å². The highest BCUT2D eigenvalue weighted by Gasteiger charge is 2.41. The van der Waals surface area contributed by atoms with Gasteiger partial charge >= 0.3 is 0 Å². The second-order valence-electron chi connectivity index (χ2n) is 5.95. The molecule has 2 rings (SSSR count). The van der Waals surface area contributed by atoms with E-state index in [0.717, 1.165) is 6.04 Å². The molecule has 2 nitrogen and oxygen atoms in total. The van der Waals surface area contributed by atoms with Crippen molar-refractivity contribution in [1.82, 2.24) is 10.2 Å². The highest BCUT2D eigenvalue weighted by Crippen LogP contribution is 2.35. The van der Waals surface area contributed by atoms with E-state index in [2.05, 4.69) is 31.1 Å². The van der Waals surface area contributed by atoms with Gasteiger partial charge in [-0.15, -0.1) is 0 Å². The molecular formula is C13H26N2. The van der Waals surface area contributed by atoms with Crippen LogP contribution in [0.2, 0.25) is 0 Å². The van der Waals surface area contributed by atoms with E-state index in [-0.39, 0.29) is 0 Å². The molecule has 1 aliphatic carbocycles. The van der Waals surface area contributed by atoms with E-state index in [0.29, 0.717) is 11.6 Å². The Balaban J connectivity index is 2.00. The molecule has 0 aromatic heterocycles. The Bertz CT molecular complexity index is 207. The maximum absolute atomic E-state index is 3.45. The Morgan fingerprint density at radius 1 is 1.13 bits per heavy atom. The Morgan fingerprint density at radius 2 is 1.80 bits per heavy atom. The van der Waals surface area contributed by atoms with E-state index >= 15 is 0 Å². The van der Waals surface area contributed by atoms with Crippen LogP contribution in [0.25, 0.3) is 0 Å². The molecule has 0 aromatic rings. The number of likely N-dealkylation sites (tertiary alicyclic amines) is 1. The highest BCUT2D eigenvalue weighted by molar-refractivity contribution is 4.99. The van der Waals surface area contributed by atoms with Gasteiger partial charge in [-0.2, -0.15) is 0 Å². The number of likely N-dealkylation sites (N-methyl/N-ethyl adjacent to an activating group) is 1. The molecule has 2 heteroatoms. The summed E-state index contributed by atoms with van der Waals surface area (Å²) in [6, 6.07) is 1.58. The molecule has 1 aliphatic heterocycles. The van der Waals surface area contributed by atoms with Gasteiger partial charge in [-0.3, -0.25) is 4.90 Å². The highest BCUT2D eigenvalue weighted by atomic mass is 15.3. The van der Waals surface area contributed by atoms with Gasteiger partial charge in [0.15, 0.2) is 0 Å². The molecule has 15 heavy (non-hydrogen) atoms. The van der Waals surface area contributed by atoms with Crippen LogP contribution in [-0.4, -0.2) is 36.1 Å². The van der Waals surface area contributed by atoms with Gasteiger partial charge in [0.05, 0.1) is 0 Å². The standard InChI is InChI=1S/C13H26N2/c1-13(2)9-11(14-3)10-15(13)12-7-5-4-6-8-12/h11-12,14H,4-10H2,1-3H3. The number of hydrogen-bond donors (Lipinski definition) is 1. The lowest BCUT2D eigenvalue weighted by Crippen LogP contribution is -2.46. The third-order valence-electron chi connectivity index (χ3n) is 4.36. The van der Waals surface area contributed by atoms with Crippen molar-refractivity contribution in [2.24, 2.45) is 0 Å². The van der Waals surface area contributed by atoms with Gasteiger partial charge in [-0.05, 0) is 40.2 Å². The molecule has 1 unspecified atom stereocenters. The number of nitrogens with zero attached hydrogens (tertiary/aromatic N) is 1. The van der Waals surface area contributed by atoms with E-state index in [1.807, 2.05) is 0 Å². The summed E-state index contributed by atoms with van der Waals surface area (Å²) in [6.45, 7) is 6.09. The first-order chi connectivity index (χ1) is 7.13. The van der Waals surface area contributed by atoms with Gasteiger partial charge in [0.25, 0.3) is 0 Å². The van der Waals surface area contributed by atoms with Crippen LogP contribution in [0.3, 0.4) is 0 Å². The maximum atomic E-state index is 3.45. The molecule has 0 aromatic carbocycles. The normalized spacial score (nSPS) is 33.4. The van der Waals surface area contributed by atoms with E-state index in [1.165, 1.54) is 45.1 Å². The zero-order chi connectivity index (χ0) is 10.9. The van der Waals surface area contributed by atoms with Crippen LogP contribution in [0.1, 0.15) is 52.4 Å². The Labute approximate surface area is 94.4 Å². The summed E-state index contributed by atoms with van der Waals surface area (Å²) in [4.78, 5) is 2.77. The fourth-order valence-corrected chi connectivity index (χ4v) is 3.50. The van der Waals surface area contributed by atoms with Gasteiger partial charge in [0, 0.05) is 24.2 Å². The van der Waals surface area contributed by atoms with Crippen molar-refractivity contribution in [3.8, 4) is 0 Å². The molecule has 2 fully saturated rings. The van der Waals surface area contributed by atoms with Crippen LogP contribution in [0.15, 0.2) is 0 Å². The summed E-state index contributed by atoms with van der Waals surface area (Å²) in [5.74, 6) is 0. The molecule has 1 atom stereocenters. The fraction of sp³-hybridized carbons (Fsp3) is 1.00. The average molecular weight is 210 g/mol. The average Bonchev–Trinajstić information content (AvgIpc) is 2.55. The largest absolute Gasteiger partial charge is 0.316 e. The number of rotatable bonds is 2. The molecule has 0 amide bonds. The van der Waals surface area contributed by atoms with E-state index in [4.69, 9.17) is 0 Å². The Kier molecular flexibility index (Phi) is 3.36. The summed E-state index contributed by atoms with van der Waals surface area (Å²) < 4.78 is 0. The molecule has 0 bridgehead atoms. The van der Waals surface area contributed by atoms with Gasteiger partial charge in [-0.25, -0.2) is 0 Å². The van der Waals surface area contributed by atoms with E-state index in [9.17, 15) is 0 Å². The second kappa shape index (κ2) is 4.42. The fourth-order valence-electron chi connectivity index (χ4n) is 3.50. The van der Waals surface area contributed by atoms with E-state index in [1.54, 1.807) is 0 Å². The molecule has 88 valence electrons. The van der Waals surface area contributed by atoms with Crippen LogP contribution in [0, 0.1) is 0 Å².